The van der Waals surface area contributed by atoms with E-state index in [9.17, 15) is 33.6 Å². The Morgan fingerprint density at radius 3 is 2.14 bits per heavy atom. The third-order valence-electron chi connectivity index (χ3n) is 10.8. The number of likely N-dealkylation sites (tertiary alicyclic amines) is 1. The number of urea groups is 1. The molecule has 2 saturated carbocycles. The molecule has 50 heavy (non-hydrogen) atoms. The lowest BCUT2D eigenvalue weighted by molar-refractivity contribution is -0.146. The van der Waals surface area contributed by atoms with Crippen molar-refractivity contribution in [1.82, 2.24) is 36.8 Å². The van der Waals surface area contributed by atoms with Crippen molar-refractivity contribution in [3.8, 4) is 0 Å². The molecule has 6 N–H and O–H groups in total. The summed E-state index contributed by atoms with van der Waals surface area (Å²) in [4.78, 5) is 95.1. The summed E-state index contributed by atoms with van der Waals surface area (Å²) in [6.45, 7) is 11.8. The van der Waals surface area contributed by atoms with Gasteiger partial charge in [0, 0.05) is 19.1 Å². The molecule has 4 rings (SSSR count). The summed E-state index contributed by atoms with van der Waals surface area (Å²) in [7, 11) is 0. The van der Waals surface area contributed by atoms with Crippen molar-refractivity contribution < 1.29 is 33.6 Å². The lowest BCUT2D eigenvalue weighted by Gasteiger charge is -2.38. The van der Waals surface area contributed by atoms with Gasteiger partial charge in [0.05, 0.1) is 6.04 Å². The predicted molar refractivity (Wildman–Crippen MR) is 186 cm³/mol. The normalized spacial score (nSPS) is 25.8. The van der Waals surface area contributed by atoms with Gasteiger partial charge in [-0.2, -0.15) is 0 Å². The molecular weight excluding hydrogens is 642 g/mol. The maximum atomic E-state index is 14.6. The Balaban J connectivity index is 1.56. The third kappa shape index (κ3) is 9.74. The highest BCUT2D eigenvalue weighted by Gasteiger charge is 2.49. The van der Waals surface area contributed by atoms with Crippen LogP contribution in [0.3, 0.4) is 0 Å². The molecule has 2 heterocycles. The van der Waals surface area contributed by atoms with Crippen molar-refractivity contribution in [2.75, 3.05) is 13.1 Å². The Kier molecular flexibility index (Phi) is 13.3. The fourth-order valence-corrected chi connectivity index (χ4v) is 7.64. The highest BCUT2D eigenvalue weighted by Crippen LogP contribution is 2.36. The average Bonchev–Trinajstić information content (AvgIpc) is 3.68. The molecule has 0 spiro atoms. The topological polar surface area (TPSA) is 195 Å². The van der Waals surface area contributed by atoms with E-state index in [1.807, 2.05) is 41.5 Å². The second-order valence-corrected chi connectivity index (χ2v) is 15.9. The predicted octanol–water partition coefficient (Wildman–Crippen LogP) is 1.66. The highest BCUT2D eigenvalue weighted by molar-refractivity contribution is 6.38. The average molecular weight is 702 g/mol. The summed E-state index contributed by atoms with van der Waals surface area (Å²) in [5.41, 5.74) is -0.772. The number of Topliss-reactive ketones (excluding diaryl/α,β-unsaturated/α-hetero) is 1. The Hall–Kier alpha value is -3.71. The first kappa shape index (κ1) is 39.1. The molecule has 0 aromatic heterocycles. The molecule has 280 valence electrons. The quantitative estimate of drug-likeness (QED) is 0.140. The number of nitrogens with zero attached hydrogens (tertiary/aromatic N) is 1. The molecule has 2 aliphatic carbocycles. The van der Waals surface area contributed by atoms with Crippen molar-refractivity contribution in [3.63, 3.8) is 0 Å². The number of nitrogens with one attached hydrogen (secondary N) is 6. The van der Waals surface area contributed by atoms with Crippen LogP contribution < -0.4 is 31.9 Å². The first-order chi connectivity index (χ1) is 23.7. The van der Waals surface area contributed by atoms with Gasteiger partial charge in [-0.3, -0.25) is 28.8 Å². The molecule has 14 heteroatoms. The molecule has 2 saturated heterocycles. The lowest BCUT2D eigenvalue weighted by Crippen LogP contribution is -2.63. The number of carbonyl (C=O) groups excluding carboxylic acids is 7. The van der Waals surface area contributed by atoms with E-state index >= 15 is 0 Å². The van der Waals surface area contributed by atoms with Crippen molar-refractivity contribution >= 4 is 41.4 Å². The van der Waals surface area contributed by atoms with Crippen LogP contribution >= 0.6 is 0 Å². The Labute approximate surface area is 296 Å². The van der Waals surface area contributed by atoms with E-state index in [1.54, 1.807) is 4.90 Å². The fraction of sp³-hybridized carbons (Fsp3) is 0.806. The van der Waals surface area contributed by atoms with Gasteiger partial charge in [0.25, 0.3) is 5.91 Å². The second-order valence-electron chi connectivity index (χ2n) is 15.9. The molecule has 0 radical (unpaired) electrons. The molecule has 0 bridgehead atoms. The van der Waals surface area contributed by atoms with Gasteiger partial charge >= 0.3 is 6.03 Å². The van der Waals surface area contributed by atoms with E-state index in [0.29, 0.717) is 13.0 Å². The van der Waals surface area contributed by atoms with E-state index in [2.05, 4.69) is 31.9 Å². The van der Waals surface area contributed by atoms with Crippen LogP contribution in [0.25, 0.3) is 0 Å². The molecule has 7 atom stereocenters. The number of amides is 7. The van der Waals surface area contributed by atoms with Gasteiger partial charge in [-0.15, -0.1) is 0 Å². The summed E-state index contributed by atoms with van der Waals surface area (Å²) < 4.78 is 0. The van der Waals surface area contributed by atoms with Gasteiger partial charge in [-0.1, -0.05) is 73.6 Å². The number of hydrogen-bond donors (Lipinski definition) is 6. The molecule has 0 unspecified atom stereocenters. The van der Waals surface area contributed by atoms with Gasteiger partial charge < -0.3 is 36.8 Å². The molecule has 4 aliphatic rings. The first-order valence-electron chi connectivity index (χ1n) is 18.8. The fourth-order valence-electron chi connectivity index (χ4n) is 7.64. The van der Waals surface area contributed by atoms with Gasteiger partial charge in [0.2, 0.25) is 29.4 Å². The zero-order valence-electron chi connectivity index (χ0n) is 30.7. The number of carbonyl (C=O) groups is 7. The van der Waals surface area contributed by atoms with Crippen LogP contribution in [0.4, 0.5) is 4.79 Å². The zero-order chi connectivity index (χ0) is 36.7. The van der Waals surface area contributed by atoms with Crippen LogP contribution in [0.15, 0.2) is 0 Å². The van der Waals surface area contributed by atoms with Crippen LogP contribution in [-0.2, 0) is 28.8 Å². The summed E-state index contributed by atoms with van der Waals surface area (Å²) in [6.07, 6.45) is 8.48. The van der Waals surface area contributed by atoms with Crippen LogP contribution in [0.1, 0.15) is 112 Å². The zero-order valence-corrected chi connectivity index (χ0v) is 30.7. The Morgan fingerprint density at radius 1 is 0.900 bits per heavy atom. The van der Waals surface area contributed by atoms with E-state index in [1.165, 1.54) is 0 Å². The van der Waals surface area contributed by atoms with Crippen molar-refractivity contribution in [2.24, 2.45) is 23.2 Å². The van der Waals surface area contributed by atoms with Crippen molar-refractivity contribution in [2.45, 2.75) is 148 Å². The SMILES string of the molecule is CCC[C@H]1CN(C(=O)[C@@H](NC(=O)[C@@H](NC(=O)[C@@H]2CNC(=O)N2)C2CCCCC2)C(C)(C)C)[C@H](C(=O)N[C@@H](CCC)C(=O)C(=O)NC2CC2)[C@H]1C. The molecule has 4 fully saturated rings. The lowest BCUT2D eigenvalue weighted by atomic mass is 9.82. The van der Waals surface area contributed by atoms with Gasteiger partial charge in [-0.25, -0.2) is 4.79 Å². The van der Waals surface area contributed by atoms with Gasteiger partial charge in [0.15, 0.2) is 0 Å². The van der Waals surface area contributed by atoms with Crippen LogP contribution in [0.2, 0.25) is 0 Å². The van der Waals surface area contributed by atoms with E-state index in [4.69, 9.17) is 0 Å². The summed E-state index contributed by atoms with van der Waals surface area (Å²) in [5, 5.41) is 16.5. The first-order valence-corrected chi connectivity index (χ1v) is 18.8. The molecule has 0 aromatic carbocycles. The molecule has 0 aromatic rings. The maximum absolute atomic E-state index is 14.6. The second kappa shape index (κ2) is 17.0. The standard InChI is InChI=1S/C36H59N7O7/c1-7-12-22-19-43(27(20(22)3)32(47)39-24(13-8-2)28(44)33(48)38-23-16-17-23)34(49)29(36(4,5)6)42-31(46)26(21-14-10-9-11-15-21)41-30(45)25-18-37-35(50)40-25/h20-27,29H,7-19H2,1-6H3,(H,38,48)(H,39,47)(H,41,45)(H,42,46)(H2,37,40,50)/t20-,22-,24-,25-,26-,27-,29+/m0/s1. The largest absolute Gasteiger partial charge is 0.347 e. The highest BCUT2D eigenvalue weighted by atomic mass is 16.2. The summed E-state index contributed by atoms with van der Waals surface area (Å²) in [6, 6.07) is -5.14. The van der Waals surface area contributed by atoms with Gasteiger partial charge in [-0.05, 0) is 61.7 Å². The Bertz CT molecular complexity index is 1290. The summed E-state index contributed by atoms with van der Waals surface area (Å²) in [5.74, 6) is -3.62. The third-order valence-corrected chi connectivity index (χ3v) is 10.8. The number of hydrogen-bond acceptors (Lipinski definition) is 7. The Morgan fingerprint density at radius 2 is 1.58 bits per heavy atom. The van der Waals surface area contributed by atoms with Crippen molar-refractivity contribution in [3.05, 3.63) is 0 Å². The smallest absolute Gasteiger partial charge is 0.315 e. The maximum Gasteiger partial charge on any atom is 0.315 e. The minimum absolute atomic E-state index is 0.00152. The molecular formula is C36H59N7O7. The number of ketones is 1. The van der Waals surface area contributed by atoms with Crippen LogP contribution in [0, 0.1) is 23.2 Å². The molecule has 14 nitrogen and oxygen atoms in total. The van der Waals surface area contributed by atoms with Crippen molar-refractivity contribution in [1.29, 1.82) is 0 Å². The minimum Gasteiger partial charge on any atom is -0.347 e. The molecule has 2 aliphatic heterocycles. The van der Waals surface area contributed by atoms with E-state index in [-0.39, 0.29) is 36.8 Å². The molecule has 7 amide bonds. The van der Waals surface area contributed by atoms with E-state index in [0.717, 1.165) is 57.8 Å². The van der Waals surface area contributed by atoms with E-state index < -0.39 is 77.0 Å². The minimum atomic E-state index is -1.04. The van der Waals surface area contributed by atoms with Crippen LogP contribution in [0.5, 0.6) is 0 Å². The monoisotopic (exact) mass is 701 g/mol. The van der Waals surface area contributed by atoms with Gasteiger partial charge in [0.1, 0.15) is 24.2 Å². The summed E-state index contributed by atoms with van der Waals surface area (Å²) >= 11 is 0. The van der Waals surface area contributed by atoms with Crippen LogP contribution in [-0.4, -0.2) is 95.6 Å². The number of rotatable bonds is 15.